The van der Waals surface area contributed by atoms with Crippen molar-refractivity contribution >= 4 is 29.9 Å². The van der Waals surface area contributed by atoms with Crippen molar-refractivity contribution in [3.63, 3.8) is 0 Å². The summed E-state index contributed by atoms with van der Waals surface area (Å²) in [6.45, 7) is 6.84. The summed E-state index contributed by atoms with van der Waals surface area (Å²) in [6.07, 6.45) is 2.06. The average molecular weight is 486 g/mol. The van der Waals surface area contributed by atoms with Crippen LogP contribution in [0.3, 0.4) is 0 Å². The van der Waals surface area contributed by atoms with E-state index < -0.39 is 0 Å². The third-order valence-electron chi connectivity index (χ3n) is 4.09. The van der Waals surface area contributed by atoms with Crippen molar-refractivity contribution in [2.24, 2.45) is 12.0 Å². The molecule has 6 nitrogen and oxygen atoms in total. The molecular weight excluding hydrogens is 455 g/mol. The summed E-state index contributed by atoms with van der Waals surface area (Å²) in [6, 6.07) is 10.1. The topological polar surface area (TPSA) is 51.0 Å². The van der Waals surface area contributed by atoms with Gasteiger partial charge in [-0.25, -0.2) is 4.99 Å². The zero-order valence-corrected chi connectivity index (χ0v) is 19.2. The van der Waals surface area contributed by atoms with Gasteiger partial charge in [0.15, 0.2) is 17.5 Å². The van der Waals surface area contributed by atoms with Crippen molar-refractivity contribution in [3.05, 3.63) is 47.8 Å². The Kier molecular flexibility index (Phi) is 10.1. The van der Waals surface area contributed by atoms with Crippen molar-refractivity contribution in [2.45, 2.75) is 26.9 Å². The minimum absolute atomic E-state index is 0. The zero-order valence-electron chi connectivity index (χ0n) is 16.9. The highest BCUT2D eigenvalue weighted by atomic mass is 127. The summed E-state index contributed by atoms with van der Waals surface area (Å²) in [5, 5.41) is 3.36. The largest absolute Gasteiger partial charge is 0.493 e. The maximum atomic E-state index is 5.57. The lowest BCUT2D eigenvalue weighted by molar-refractivity contribution is 0.310. The Bertz CT molecular complexity index is 731. The molecule has 0 aliphatic heterocycles. The first-order valence-electron chi connectivity index (χ1n) is 8.98. The van der Waals surface area contributed by atoms with E-state index in [0.717, 1.165) is 36.1 Å². The molecule has 27 heavy (non-hydrogen) atoms. The van der Waals surface area contributed by atoms with Gasteiger partial charge < -0.3 is 24.3 Å². The maximum absolute atomic E-state index is 5.57. The Hall–Kier alpha value is -1.90. The van der Waals surface area contributed by atoms with Crippen LogP contribution in [0.4, 0.5) is 0 Å². The molecule has 1 aromatic heterocycles. The molecule has 0 bridgehead atoms. The fourth-order valence-corrected chi connectivity index (χ4v) is 2.70. The summed E-state index contributed by atoms with van der Waals surface area (Å²) >= 11 is 0. The lowest BCUT2D eigenvalue weighted by Crippen LogP contribution is -2.38. The number of aromatic nitrogens is 1. The van der Waals surface area contributed by atoms with Crippen molar-refractivity contribution in [1.82, 2.24) is 14.8 Å². The second kappa shape index (κ2) is 11.7. The lowest BCUT2D eigenvalue weighted by Gasteiger charge is -2.22. The molecule has 0 radical (unpaired) electrons. The Balaban J connectivity index is 0.00000364. The Labute approximate surface area is 179 Å². The Morgan fingerprint density at radius 2 is 2.00 bits per heavy atom. The number of guanidine groups is 1. The zero-order chi connectivity index (χ0) is 18.9. The monoisotopic (exact) mass is 486 g/mol. The van der Waals surface area contributed by atoms with Crippen LogP contribution in [-0.2, 0) is 20.1 Å². The van der Waals surface area contributed by atoms with Crippen molar-refractivity contribution in [1.29, 1.82) is 0 Å². The summed E-state index contributed by atoms with van der Waals surface area (Å²) in [4.78, 5) is 6.90. The van der Waals surface area contributed by atoms with Gasteiger partial charge in [0.05, 0.1) is 26.8 Å². The van der Waals surface area contributed by atoms with Gasteiger partial charge in [-0.05, 0) is 43.7 Å². The van der Waals surface area contributed by atoms with Crippen LogP contribution < -0.4 is 14.8 Å². The summed E-state index contributed by atoms with van der Waals surface area (Å²) in [5.41, 5.74) is 2.31. The third-order valence-corrected chi connectivity index (χ3v) is 4.09. The van der Waals surface area contributed by atoms with Gasteiger partial charge in [0.1, 0.15) is 0 Å². The summed E-state index contributed by atoms with van der Waals surface area (Å²) in [5.74, 6) is 2.37. The normalized spacial score (nSPS) is 10.9. The number of ether oxygens (including phenoxy) is 2. The van der Waals surface area contributed by atoms with E-state index in [-0.39, 0.29) is 24.0 Å². The molecule has 2 aromatic rings. The van der Waals surface area contributed by atoms with E-state index in [0.29, 0.717) is 13.2 Å². The molecule has 1 heterocycles. The van der Waals surface area contributed by atoms with Crippen LogP contribution in [0, 0.1) is 0 Å². The molecule has 0 unspecified atom stereocenters. The summed E-state index contributed by atoms with van der Waals surface area (Å²) in [7, 11) is 5.76. The number of benzene rings is 1. The second-order valence-corrected chi connectivity index (χ2v) is 6.05. The first-order valence-corrected chi connectivity index (χ1v) is 8.98. The molecule has 0 fully saturated rings. The molecule has 7 heteroatoms. The second-order valence-electron chi connectivity index (χ2n) is 6.05. The standard InChI is InChI=1S/C20H30N4O2.HI/c1-6-21-20(24(4)15-17-9-8-12-23(17)3)22-14-16-10-11-18(26-7-2)19(13-16)25-5;/h8-13H,6-7,14-15H2,1-5H3,(H,21,22);1H. The Morgan fingerprint density at radius 1 is 1.22 bits per heavy atom. The smallest absolute Gasteiger partial charge is 0.194 e. The van der Waals surface area contributed by atoms with Gasteiger partial charge in [-0.3, -0.25) is 0 Å². The molecule has 0 aliphatic rings. The van der Waals surface area contributed by atoms with E-state index >= 15 is 0 Å². The lowest BCUT2D eigenvalue weighted by atomic mass is 10.2. The molecule has 150 valence electrons. The van der Waals surface area contributed by atoms with Crippen molar-refractivity contribution < 1.29 is 9.47 Å². The Morgan fingerprint density at radius 3 is 2.59 bits per heavy atom. The van der Waals surface area contributed by atoms with E-state index in [1.54, 1.807) is 7.11 Å². The van der Waals surface area contributed by atoms with Crippen LogP contribution in [0.15, 0.2) is 41.5 Å². The quantitative estimate of drug-likeness (QED) is 0.352. The molecule has 0 saturated carbocycles. The third kappa shape index (κ3) is 6.64. The average Bonchev–Trinajstić information content (AvgIpc) is 3.04. The first-order chi connectivity index (χ1) is 12.6. The van der Waals surface area contributed by atoms with Crippen molar-refractivity contribution in [2.75, 3.05) is 27.3 Å². The molecule has 0 aliphatic carbocycles. The van der Waals surface area contributed by atoms with Gasteiger partial charge in [0.2, 0.25) is 0 Å². The van der Waals surface area contributed by atoms with Crippen molar-refractivity contribution in [3.8, 4) is 11.5 Å². The highest BCUT2D eigenvalue weighted by molar-refractivity contribution is 14.0. The molecule has 0 amide bonds. The number of nitrogens with one attached hydrogen (secondary N) is 1. The number of rotatable bonds is 8. The number of aryl methyl sites for hydroxylation is 1. The predicted octanol–water partition coefficient (Wildman–Crippen LogP) is 3.65. The van der Waals surface area contributed by atoms with Crippen LogP contribution in [0.2, 0.25) is 0 Å². The number of hydrogen-bond donors (Lipinski definition) is 1. The first kappa shape index (κ1) is 23.1. The number of hydrogen-bond acceptors (Lipinski definition) is 3. The van der Waals surface area contributed by atoms with E-state index in [2.05, 4.69) is 47.1 Å². The number of methoxy groups -OCH3 is 1. The van der Waals surface area contributed by atoms with Crippen LogP contribution >= 0.6 is 24.0 Å². The van der Waals surface area contributed by atoms with Crippen LogP contribution in [0.1, 0.15) is 25.1 Å². The van der Waals surface area contributed by atoms with Gasteiger partial charge in [0, 0.05) is 32.5 Å². The molecule has 0 atom stereocenters. The van der Waals surface area contributed by atoms with Gasteiger partial charge in [-0.1, -0.05) is 6.07 Å². The number of nitrogens with zero attached hydrogens (tertiary/aromatic N) is 3. The van der Waals surface area contributed by atoms with Crippen LogP contribution in [0.25, 0.3) is 0 Å². The highest BCUT2D eigenvalue weighted by Crippen LogP contribution is 2.28. The maximum Gasteiger partial charge on any atom is 0.194 e. The fraction of sp³-hybridized carbons (Fsp3) is 0.450. The van der Waals surface area contributed by atoms with Gasteiger partial charge in [-0.2, -0.15) is 0 Å². The molecule has 1 N–H and O–H groups in total. The van der Waals surface area contributed by atoms with Gasteiger partial charge >= 0.3 is 0 Å². The molecule has 0 spiro atoms. The molecule has 1 aromatic carbocycles. The van der Waals surface area contributed by atoms with Crippen LogP contribution in [0.5, 0.6) is 11.5 Å². The van der Waals surface area contributed by atoms with E-state index in [9.17, 15) is 0 Å². The predicted molar refractivity (Wildman–Crippen MR) is 121 cm³/mol. The van der Waals surface area contributed by atoms with Gasteiger partial charge in [-0.15, -0.1) is 24.0 Å². The summed E-state index contributed by atoms with van der Waals surface area (Å²) < 4.78 is 13.1. The molecule has 0 saturated heterocycles. The van der Waals surface area contributed by atoms with E-state index in [4.69, 9.17) is 14.5 Å². The minimum atomic E-state index is 0. The van der Waals surface area contributed by atoms with Gasteiger partial charge in [0.25, 0.3) is 0 Å². The molecule has 2 rings (SSSR count). The van der Waals surface area contributed by atoms with E-state index in [1.165, 1.54) is 5.69 Å². The number of halogens is 1. The SMILES string of the molecule is CCNC(=NCc1ccc(OCC)c(OC)c1)N(C)Cc1cccn1C.I. The van der Waals surface area contributed by atoms with E-state index in [1.807, 2.05) is 32.2 Å². The minimum Gasteiger partial charge on any atom is -0.493 e. The fourth-order valence-electron chi connectivity index (χ4n) is 2.70. The van der Waals surface area contributed by atoms with Crippen LogP contribution in [-0.4, -0.2) is 42.7 Å². The molecular formula is C20H31IN4O2. The highest BCUT2D eigenvalue weighted by Gasteiger charge is 2.09. The number of aliphatic imine (C=N–C) groups is 1.